The molecule has 6 heterocycles. The molecule has 0 aliphatic heterocycles. The van der Waals surface area contributed by atoms with Crippen LogP contribution in [0, 0.1) is 0 Å². The quantitative estimate of drug-likeness (QED) is 0.178. The van der Waals surface area contributed by atoms with E-state index in [2.05, 4.69) is 200 Å². The summed E-state index contributed by atoms with van der Waals surface area (Å²) in [5, 5.41) is 9.29. The average molecular weight is 793 g/mol. The first kappa shape index (κ1) is 33.2. The lowest BCUT2D eigenvalue weighted by Gasteiger charge is -2.10. The molecule has 0 amide bonds. The largest absolute Gasteiger partial charge is 0.309 e. The van der Waals surface area contributed by atoms with E-state index in [1.54, 1.807) is 0 Å². The minimum absolute atomic E-state index is 0.477. The minimum atomic E-state index is 0.477. The number of fused-ring (bicyclic) bond motifs is 14. The summed E-state index contributed by atoms with van der Waals surface area (Å²) in [6, 6.07) is 64.7. The Labute approximate surface area is 352 Å². The maximum atomic E-state index is 5.23. The van der Waals surface area contributed by atoms with Gasteiger partial charge in [-0.05, 0) is 66.7 Å². The van der Waals surface area contributed by atoms with E-state index in [9.17, 15) is 0 Å². The molecule has 14 rings (SSSR count). The van der Waals surface area contributed by atoms with Gasteiger partial charge in [-0.15, -0.1) is 0 Å². The van der Waals surface area contributed by atoms with Crippen molar-refractivity contribution in [3.8, 4) is 23.0 Å². The SMILES string of the molecule is c1ccc(-n2c3ccccc3c3cc4c(cc32)c2ccccc2n4-c2cnc3nc(-n4c5ccccc5c5ccc6c(c7ccccc7n6-c6ccccc6)c54)cnc3n2)cc1. The van der Waals surface area contributed by atoms with Crippen LogP contribution in [-0.4, -0.2) is 38.2 Å². The summed E-state index contributed by atoms with van der Waals surface area (Å²) in [7, 11) is 0. The van der Waals surface area contributed by atoms with E-state index in [0.717, 1.165) is 76.9 Å². The van der Waals surface area contributed by atoms with Crippen molar-refractivity contribution < 1.29 is 0 Å². The van der Waals surface area contributed by atoms with Crippen molar-refractivity contribution in [3.05, 3.63) is 194 Å². The normalized spacial score (nSPS) is 12.2. The number of nitrogens with zero attached hydrogens (tertiary/aromatic N) is 8. The Hall–Kier alpha value is -8.62. The van der Waals surface area contributed by atoms with Crippen LogP contribution in [0.15, 0.2) is 194 Å². The summed E-state index contributed by atoms with van der Waals surface area (Å²) in [5.41, 5.74) is 12.0. The number of rotatable bonds is 4. The zero-order chi connectivity index (χ0) is 40.5. The summed E-state index contributed by atoms with van der Waals surface area (Å²) in [6.45, 7) is 0. The van der Waals surface area contributed by atoms with Crippen LogP contribution < -0.4 is 0 Å². The first-order chi connectivity index (χ1) is 30.8. The van der Waals surface area contributed by atoms with Gasteiger partial charge >= 0.3 is 0 Å². The second-order valence-electron chi connectivity index (χ2n) is 15.9. The second kappa shape index (κ2) is 12.5. The molecule has 8 heteroatoms. The smallest absolute Gasteiger partial charge is 0.199 e. The second-order valence-corrected chi connectivity index (χ2v) is 15.9. The average Bonchev–Trinajstić information content (AvgIpc) is 4.06. The molecular weight excluding hydrogens is 761 g/mol. The zero-order valence-electron chi connectivity index (χ0n) is 33.1. The van der Waals surface area contributed by atoms with Gasteiger partial charge in [-0.25, -0.2) is 19.9 Å². The van der Waals surface area contributed by atoms with E-state index >= 15 is 0 Å². The summed E-state index contributed by atoms with van der Waals surface area (Å²) in [5.74, 6) is 1.37. The van der Waals surface area contributed by atoms with Crippen molar-refractivity contribution >= 4 is 98.5 Å². The Morgan fingerprint density at radius 2 is 0.710 bits per heavy atom. The molecule has 0 N–H and O–H groups in total. The third kappa shape index (κ3) is 4.49. The first-order valence-electron chi connectivity index (χ1n) is 20.8. The van der Waals surface area contributed by atoms with E-state index in [0.29, 0.717) is 22.9 Å². The van der Waals surface area contributed by atoms with Gasteiger partial charge in [0.25, 0.3) is 0 Å². The zero-order valence-corrected chi connectivity index (χ0v) is 33.1. The standard InChI is InChI=1S/C54H32N8/c1-3-15-33(16-4-1)59-45-26-14-10-22-39(45)51-46(59)28-27-38-35-19-7-13-25-44(35)62(52(38)51)50-32-56-53-54(58-50)55-31-49(57-53)61-43-24-12-9-21-37(43)41-29-47-40(30-48(41)61)36-20-8-11-23-42(36)60(47)34-17-5-2-6-18-34/h1-32H. The van der Waals surface area contributed by atoms with E-state index in [4.69, 9.17) is 19.9 Å². The van der Waals surface area contributed by atoms with E-state index in [-0.39, 0.29) is 0 Å². The Balaban J connectivity index is 0.988. The molecule has 0 fully saturated rings. The molecule has 0 atom stereocenters. The van der Waals surface area contributed by atoms with Crippen molar-refractivity contribution in [1.82, 2.24) is 38.2 Å². The number of hydrogen-bond acceptors (Lipinski definition) is 4. The molecule has 0 spiro atoms. The predicted molar refractivity (Wildman–Crippen MR) is 252 cm³/mol. The van der Waals surface area contributed by atoms with Crippen molar-refractivity contribution in [2.24, 2.45) is 0 Å². The van der Waals surface area contributed by atoms with Gasteiger partial charge in [0, 0.05) is 54.5 Å². The molecule has 6 aromatic heterocycles. The molecule has 0 saturated carbocycles. The number of aromatic nitrogens is 8. The fraction of sp³-hybridized carbons (Fsp3) is 0. The van der Waals surface area contributed by atoms with Gasteiger partial charge in [0.05, 0.1) is 56.5 Å². The van der Waals surface area contributed by atoms with Crippen molar-refractivity contribution in [2.75, 3.05) is 0 Å². The van der Waals surface area contributed by atoms with Gasteiger partial charge in [0.1, 0.15) is 0 Å². The van der Waals surface area contributed by atoms with Crippen LogP contribution in [0.25, 0.3) is 122 Å². The van der Waals surface area contributed by atoms with Gasteiger partial charge in [-0.2, -0.15) is 0 Å². The molecule has 0 radical (unpaired) electrons. The van der Waals surface area contributed by atoms with Gasteiger partial charge < -0.3 is 9.13 Å². The third-order valence-corrected chi connectivity index (χ3v) is 12.7. The highest BCUT2D eigenvalue weighted by Gasteiger charge is 2.23. The predicted octanol–water partition coefficient (Wildman–Crippen LogP) is 12.8. The lowest BCUT2D eigenvalue weighted by atomic mass is 10.1. The van der Waals surface area contributed by atoms with Gasteiger partial charge in [0.2, 0.25) is 0 Å². The molecule has 0 aliphatic rings. The highest BCUT2D eigenvalue weighted by Crippen LogP contribution is 2.43. The number of benzene rings is 8. The van der Waals surface area contributed by atoms with Crippen LogP contribution in [0.3, 0.4) is 0 Å². The third-order valence-electron chi connectivity index (χ3n) is 12.7. The van der Waals surface area contributed by atoms with Crippen LogP contribution in [0.1, 0.15) is 0 Å². The van der Waals surface area contributed by atoms with Crippen LogP contribution in [0.5, 0.6) is 0 Å². The molecular formula is C54H32N8. The molecule has 0 unspecified atom stereocenters. The molecule has 0 saturated heterocycles. The topological polar surface area (TPSA) is 71.3 Å². The van der Waals surface area contributed by atoms with Crippen molar-refractivity contribution in [3.63, 3.8) is 0 Å². The summed E-state index contributed by atoms with van der Waals surface area (Å²) < 4.78 is 9.18. The van der Waals surface area contributed by atoms with E-state index < -0.39 is 0 Å². The molecule has 8 nitrogen and oxygen atoms in total. The Morgan fingerprint density at radius 1 is 0.290 bits per heavy atom. The Morgan fingerprint density at radius 3 is 1.29 bits per heavy atom. The minimum Gasteiger partial charge on any atom is -0.309 e. The van der Waals surface area contributed by atoms with E-state index in [1.165, 1.54) is 21.7 Å². The van der Waals surface area contributed by atoms with Gasteiger partial charge in [0.15, 0.2) is 22.9 Å². The highest BCUT2D eigenvalue weighted by atomic mass is 15.2. The fourth-order valence-corrected chi connectivity index (χ4v) is 10.1. The van der Waals surface area contributed by atoms with Crippen LogP contribution in [-0.2, 0) is 0 Å². The van der Waals surface area contributed by atoms with Crippen molar-refractivity contribution in [2.45, 2.75) is 0 Å². The van der Waals surface area contributed by atoms with Crippen molar-refractivity contribution in [1.29, 1.82) is 0 Å². The van der Waals surface area contributed by atoms with E-state index in [1.807, 2.05) is 12.4 Å². The molecule has 8 aromatic carbocycles. The van der Waals surface area contributed by atoms with Gasteiger partial charge in [-0.3, -0.25) is 9.13 Å². The Bertz CT molecular complexity index is 4150. The summed E-state index contributed by atoms with van der Waals surface area (Å²) in [6.07, 6.45) is 3.68. The maximum absolute atomic E-state index is 5.23. The Kier molecular flexibility index (Phi) is 6.68. The van der Waals surface area contributed by atoms with Gasteiger partial charge in [-0.1, -0.05) is 115 Å². The summed E-state index contributed by atoms with van der Waals surface area (Å²) >= 11 is 0. The molecule has 0 bridgehead atoms. The molecule has 288 valence electrons. The highest BCUT2D eigenvalue weighted by molar-refractivity contribution is 6.26. The first-order valence-corrected chi connectivity index (χ1v) is 20.8. The lowest BCUT2D eigenvalue weighted by Crippen LogP contribution is -2.04. The van der Waals surface area contributed by atoms with Crippen LogP contribution in [0.2, 0.25) is 0 Å². The van der Waals surface area contributed by atoms with Crippen LogP contribution >= 0.6 is 0 Å². The monoisotopic (exact) mass is 792 g/mol. The number of para-hydroxylation sites is 6. The summed E-state index contributed by atoms with van der Waals surface area (Å²) in [4.78, 5) is 20.5. The maximum Gasteiger partial charge on any atom is 0.199 e. The number of hydrogen-bond donors (Lipinski definition) is 0. The molecule has 14 aromatic rings. The van der Waals surface area contributed by atoms with Crippen LogP contribution in [0.4, 0.5) is 0 Å². The lowest BCUT2D eigenvalue weighted by molar-refractivity contribution is 1.02. The fourth-order valence-electron chi connectivity index (χ4n) is 10.1. The molecule has 0 aliphatic carbocycles. The molecule has 62 heavy (non-hydrogen) atoms.